The first kappa shape index (κ1) is 16.9. The molecule has 0 unspecified atom stereocenters. The van der Waals surface area contributed by atoms with Gasteiger partial charge >= 0.3 is 20.8 Å². The first-order chi connectivity index (χ1) is 9.65. The van der Waals surface area contributed by atoms with Crippen LogP contribution < -0.4 is 5.48 Å². The third kappa shape index (κ3) is 3.85. The van der Waals surface area contributed by atoms with Gasteiger partial charge in [0.2, 0.25) is 0 Å². The normalized spacial score (nSPS) is 43.1. The Balaban J connectivity index is 2.31. The minimum absolute atomic E-state index is 0.743. The molecule has 0 aliphatic carbocycles. The highest BCUT2D eigenvalue weighted by Gasteiger charge is 2.49. The monoisotopic (exact) mass is 353 g/mol. The average Bonchev–Trinajstić information content (AvgIpc) is 2.40. The minimum atomic E-state index is -5.16. The van der Waals surface area contributed by atoms with E-state index in [0.717, 1.165) is 0 Å². The molecule has 15 heteroatoms. The van der Waals surface area contributed by atoms with Crippen molar-refractivity contribution < 1.29 is 54.0 Å². The van der Waals surface area contributed by atoms with E-state index in [0.29, 0.717) is 0 Å². The lowest BCUT2D eigenvalue weighted by molar-refractivity contribution is -0.338. The standard InChI is InChI=1S/C6H11NO12S2/c8-1-2-4(9)5-3(6(10)15-2)7-17-20(11,12)19-21(13,14)18-16-5/h2-10H,1H2/t2-,3-,4-,5-,6-/m1/s1. The van der Waals surface area contributed by atoms with Crippen LogP contribution in [-0.4, -0.2) is 69.4 Å². The molecule has 0 aromatic heterocycles. The number of ether oxygens (including phenoxy) is 1. The van der Waals surface area contributed by atoms with Gasteiger partial charge in [-0.15, -0.1) is 0 Å². The van der Waals surface area contributed by atoms with Crippen molar-refractivity contribution in [3.63, 3.8) is 0 Å². The van der Waals surface area contributed by atoms with E-state index in [9.17, 15) is 27.0 Å². The topological polar surface area (TPSA) is 187 Å². The number of hydrogen-bond donors (Lipinski definition) is 4. The van der Waals surface area contributed by atoms with Gasteiger partial charge in [-0.2, -0.15) is 26.6 Å². The molecule has 2 rings (SSSR count). The van der Waals surface area contributed by atoms with Crippen molar-refractivity contribution in [2.24, 2.45) is 0 Å². The summed E-state index contributed by atoms with van der Waals surface area (Å²) in [5.41, 5.74) is 1.72. The van der Waals surface area contributed by atoms with Gasteiger partial charge in [-0.25, -0.2) is 4.89 Å². The third-order valence-electron chi connectivity index (χ3n) is 2.56. The molecule has 0 aromatic rings. The van der Waals surface area contributed by atoms with E-state index in [1.807, 2.05) is 0 Å². The number of fused-ring (bicyclic) bond motifs is 1. The maximum absolute atomic E-state index is 11.1. The summed E-state index contributed by atoms with van der Waals surface area (Å²) in [5.74, 6) is 0. The highest BCUT2D eigenvalue weighted by atomic mass is 32.3. The van der Waals surface area contributed by atoms with Crippen LogP contribution in [0.2, 0.25) is 0 Å². The van der Waals surface area contributed by atoms with Crippen molar-refractivity contribution in [1.82, 2.24) is 5.48 Å². The minimum Gasteiger partial charge on any atom is -0.394 e. The summed E-state index contributed by atoms with van der Waals surface area (Å²) in [5, 5.41) is 28.4. The summed E-state index contributed by atoms with van der Waals surface area (Å²) in [6.07, 6.45) is -6.52. The Morgan fingerprint density at radius 3 is 2.38 bits per heavy atom. The lowest BCUT2D eigenvalue weighted by Gasteiger charge is -2.40. The van der Waals surface area contributed by atoms with Crippen molar-refractivity contribution in [2.75, 3.05) is 6.61 Å². The molecule has 2 aliphatic rings. The van der Waals surface area contributed by atoms with Gasteiger partial charge in [-0.1, -0.05) is 7.96 Å². The van der Waals surface area contributed by atoms with Gasteiger partial charge in [0.15, 0.2) is 6.29 Å². The number of nitrogens with one attached hydrogen (secondary N) is 1. The van der Waals surface area contributed by atoms with Crippen molar-refractivity contribution in [2.45, 2.75) is 30.6 Å². The van der Waals surface area contributed by atoms with E-state index >= 15 is 0 Å². The molecule has 0 bridgehead atoms. The summed E-state index contributed by atoms with van der Waals surface area (Å²) in [7, 11) is -10.2. The van der Waals surface area contributed by atoms with Crippen LogP contribution in [0.4, 0.5) is 0 Å². The first-order valence-electron chi connectivity index (χ1n) is 5.27. The molecule has 2 fully saturated rings. The van der Waals surface area contributed by atoms with Gasteiger partial charge < -0.3 is 20.1 Å². The zero-order valence-corrected chi connectivity index (χ0v) is 11.6. The first-order valence-corrected chi connectivity index (χ1v) is 7.94. The Morgan fingerprint density at radius 1 is 1.10 bits per heavy atom. The molecule has 5 atom stereocenters. The summed E-state index contributed by atoms with van der Waals surface area (Å²) in [4.78, 5) is 4.37. The molecule has 124 valence electrons. The molecule has 21 heavy (non-hydrogen) atoms. The van der Waals surface area contributed by atoms with Crippen molar-refractivity contribution in [3.8, 4) is 0 Å². The number of hydrogen-bond acceptors (Lipinski definition) is 13. The summed E-state index contributed by atoms with van der Waals surface area (Å²) >= 11 is 0. The average molecular weight is 353 g/mol. The van der Waals surface area contributed by atoms with Crippen LogP contribution in [0.1, 0.15) is 0 Å². The fraction of sp³-hybridized carbons (Fsp3) is 1.00. The molecule has 0 spiro atoms. The van der Waals surface area contributed by atoms with Crippen LogP contribution in [0.5, 0.6) is 0 Å². The number of aliphatic hydroxyl groups is 3. The number of hydroxylamine groups is 1. The molecular weight excluding hydrogens is 342 g/mol. The lowest BCUT2D eigenvalue weighted by Crippen LogP contribution is -2.64. The van der Waals surface area contributed by atoms with Gasteiger partial charge in [-0.05, 0) is 0 Å². The quantitative estimate of drug-likeness (QED) is 0.332. The Bertz CT molecular complexity index is 573. The Hall–Kier alpha value is -0.460. The van der Waals surface area contributed by atoms with Crippen LogP contribution in [-0.2, 0) is 42.7 Å². The van der Waals surface area contributed by atoms with Crippen molar-refractivity contribution in [1.29, 1.82) is 0 Å². The Labute approximate surface area is 118 Å². The number of aliphatic hydroxyl groups excluding tert-OH is 3. The van der Waals surface area contributed by atoms with Crippen molar-refractivity contribution >= 4 is 20.8 Å². The molecule has 13 nitrogen and oxygen atoms in total. The highest BCUT2D eigenvalue weighted by Crippen LogP contribution is 2.25. The number of rotatable bonds is 1. The molecule has 2 aliphatic heterocycles. The predicted molar refractivity (Wildman–Crippen MR) is 56.9 cm³/mol. The van der Waals surface area contributed by atoms with Crippen LogP contribution in [0, 0.1) is 0 Å². The summed E-state index contributed by atoms with van der Waals surface area (Å²) in [6, 6.07) is -1.57. The predicted octanol–water partition coefficient (Wildman–Crippen LogP) is -4.22. The maximum atomic E-state index is 11.1. The Morgan fingerprint density at radius 2 is 1.76 bits per heavy atom. The van der Waals surface area contributed by atoms with Crippen LogP contribution in [0.15, 0.2) is 0 Å². The second-order valence-electron chi connectivity index (χ2n) is 3.98. The second kappa shape index (κ2) is 5.97. The van der Waals surface area contributed by atoms with Gasteiger partial charge in [0.05, 0.1) is 6.61 Å². The zero-order valence-electron chi connectivity index (χ0n) is 9.93. The Kier molecular flexibility index (Phi) is 4.81. The van der Waals surface area contributed by atoms with E-state index in [-0.39, 0.29) is 0 Å². The van der Waals surface area contributed by atoms with Crippen LogP contribution in [0.3, 0.4) is 0 Å². The van der Waals surface area contributed by atoms with E-state index in [2.05, 4.69) is 17.1 Å². The van der Waals surface area contributed by atoms with Crippen LogP contribution >= 0.6 is 0 Å². The van der Waals surface area contributed by atoms with Crippen LogP contribution in [0.25, 0.3) is 0 Å². The fourth-order valence-electron chi connectivity index (χ4n) is 1.66. The third-order valence-corrected chi connectivity index (χ3v) is 4.44. The van der Waals surface area contributed by atoms with Gasteiger partial charge in [0, 0.05) is 0 Å². The van der Waals surface area contributed by atoms with E-state index in [4.69, 9.17) is 9.84 Å². The fourth-order valence-corrected chi connectivity index (χ4v) is 3.09. The summed E-state index contributed by atoms with van der Waals surface area (Å²) < 4.78 is 60.6. The van der Waals surface area contributed by atoms with Gasteiger partial charge in [-0.3, -0.25) is 0 Å². The van der Waals surface area contributed by atoms with E-state index in [1.54, 1.807) is 5.48 Å². The van der Waals surface area contributed by atoms with Gasteiger partial charge in [0.25, 0.3) is 0 Å². The SMILES string of the molecule is O=S1(=O)ON[C@@H]2[C@@H](OOS(=O)(=O)O1)[C@H](O)[C@@H](CO)O[C@H]2O. The molecule has 2 saturated heterocycles. The second-order valence-corrected chi connectivity index (χ2v) is 6.46. The largest absolute Gasteiger partial charge is 0.443 e. The maximum Gasteiger partial charge on any atom is 0.443 e. The highest BCUT2D eigenvalue weighted by molar-refractivity contribution is 7.95. The smallest absolute Gasteiger partial charge is 0.394 e. The molecule has 4 N–H and O–H groups in total. The lowest BCUT2D eigenvalue weighted by atomic mass is 9.98. The molecule has 0 saturated carbocycles. The zero-order chi connectivity index (χ0) is 15.8. The van der Waals surface area contributed by atoms with Gasteiger partial charge in [0.1, 0.15) is 24.4 Å². The summed E-state index contributed by atoms with van der Waals surface area (Å²) in [6.45, 7) is -0.743. The molecule has 0 aromatic carbocycles. The molecule has 2 heterocycles. The van der Waals surface area contributed by atoms with E-state index < -0.39 is 58.0 Å². The molecule has 0 radical (unpaired) electrons. The molecular formula is C6H11NO12S2. The van der Waals surface area contributed by atoms with E-state index in [1.165, 1.54) is 0 Å². The van der Waals surface area contributed by atoms with Crippen molar-refractivity contribution in [3.05, 3.63) is 0 Å². The molecule has 0 amide bonds.